The van der Waals surface area contributed by atoms with Crippen molar-refractivity contribution in [3.05, 3.63) is 29.8 Å². The number of rotatable bonds is 4. The second-order valence-electron chi connectivity index (χ2n) is 6.41. The lowest BCUT2D eigenvalue weighted by molar-refractivity contribution is -0.142. The molecule has 3 rings (SSSR count). The number of anilines is 1. The monoisotopic (exact) mass is 486 g/mol. The Balaban J connectivity index is 1.65. The van der Waals surface area contributed by atoms with Gasteiger partial charge in [0.25, 0.3) is 0 Å². The number of fused-ring (bicyclic) bond motifs is 1. The Morgan fingerprint density at radius 2 is 1.54 bits per heavy atom. The van der Waals surface area contributed by atoms with Crippen LogP contribution in [-0.4, -0.2) is 49.9 Å². The summed E-state index contributed by atoms with van der Waals surface area (Å²) in [5.41, 5.74) is 0.503. The highest BCUT2D eigenvalue weighted by Crippen LogP contribution is 2.43. The van der Waals surface area contributed by atoms with Crippen molar-refractivity contribution in [1.82, 2.24) is 4.90 Å². The Morgan fingerprint density at radius 1 is 1.04 bits per heavy atom. The number of hydrogen-bond acceptors (Lipinski definition) is 4. The number of hydrogen-bond donors (Lipinski definition) is 2. The molecule has 9 heteroatoms. The molecule has 1 saturated heterocycles. The lowest BCUT2D eigenvalue weighted by Crippen LogP contribution is -2.38. The van der Waals surface area contributed by atoms with Crippen LogP contribution < -0.4 is 5.32 Å². The number of nitrogens with zero attached hydrogens (tertiary/aromatic N) is 1. The number of amides is 3. The third-order valence-electron chi connectivity index (χ3n) is 4.72. The Morgan fingerprint density at radius 3 is 2.00 bits per heavy atom. The summed E-state index contributed by atoms with van der Waals surface area (Å²) in [5.74, 6) is -2.94. The zero-order chi connectivity index (χ0) is 19.0. The first kappa shape index (κ1) is 19.0. The standard InChI is InChI=1S/C17H16Br2N2O5/c18-12-5-10-11(6-13(12)19)16(24)21(15(10)23)7-14(22)20-9-3-1-8(2-4-9)17(25)26/h1-4,10-13H,5-7H2,(H,20,22)(H,25,26)/t10-,11-,12+,13+/m1/s1. The molecule has 0 spiro atoms. The van der Waals surface area contributed by atoms with Gasteiger partial charge in [0.2, 0.25) is 17.7 Å². The Bertz CT molecular complexity index is 739. The van der Waals surface area contributed by atoms with E-state index in [9.17, 15) is 19.2 Å². The van der Waals surface area contributed by atoms with Gasteiger partial charge < -0.3 is 10.4 Å². The van der Waals surface area contributed by atoms with Crippen molar-refractivity contribution in [1.29, 1.82) is 0 Å². The Kier molecular flexibility index (Phi) is 5.47. The molecule has 1 saturated carbocycles. The average Bonchev–Trinajstić information content (AvgIpc) is 2.80. The third-order valence-corrected chi connectivity index (χ3v) is 7.45. The first-order valence-corrected chi connectivity index (χ1v) is 9.87. The summed E-state index contributed by atoms with van der Waals surface area (Å²) < 4.78 is 0. The molecule has 1 aromatic rings. The Labute approximate surface area is 166 Å². The van der Waals surface area contributed by atoms with Crippen LogP contribution in [0.1, 0.15) is 23.2 Å². The molecule has 0 aromatic heterocycles. The Hall–Kier alpha value is -1.74. The highest BCUT2D eigenvalue weighted by molar-refractivity contribution is 9.12. The summed E-state index contributed by atoms with van der Waals surface area (Å²) >= 11 is 7.04. The molecule has 2 aliphatic rings. The highest BCUT2D eigenvalue weighted by atomic mass is 79.9. The number of halogens is 2. The van der Waals surface area contributed by atoms with E-state index >= 15 is 0 Å². The van der Waals surface area contributed by atoms with Crippen molar-refractivity contribution in [2.24, 2.45) is 11.8 Å². The quantitative estimate of drug-likeness (QED) is 0.500. The van der Waals surface area contributed by atoms with Crippen molar-refractivity contribution in [2.45, 2.75) is 22.5 Å². The summed E-state index contributed by atoms with van der Waals surface area (Å²) in [6, 6.07) is 5.65. The zero-order valence-electron chi connectivity index (χ0n) is 13.5. The number of likely N-dealkylation sites (tertiary alicyclic amines) is 1. The van der Waals surface area contributed by atoms with Gasteiger partial charge in [0.05, 0.1) is 17.4 Å². The van der Waals surface area contributed by atoms with Gasteiger partial charge in [-0.3, -0.25) is 19.3 Å². The lowest BCUT2D eigenvalue weighted by atomic mass is 9.81. The fourth-order valence-corrected chi connectivity index (χ4v) is 4.60. The number of carboxylic acid groups (broad SMARTS) is 1. The van der Waals surface area contributed by atoms with Gasteiger partial charge in [-0.1, -0.05) is 31.9 Å². The van der Waals surface area contributed by atoms with E-state index in [1.165, 1.54) is 24.3 Å². The summed E-state index contributed by atoms with van der Waals surface area (Å²) in [5, 5.41) is 11.4. The summed E-state index contributed by atoms with van der Waals surface area (Å²) in [7, 11) is 0. The third kappa shape index (κ3) is 3.68. The van der Waals surface area contributed by atoms with Crippen LogP contribution in [0.2, 0.25) is 0 Å². The molecule has 0 unspecified atom stereocenters. The highest BCUT2D eigenvalue weighted by Gasteiger charge is 2.52. The lowest BCUT2D eigenvalue weighted by Gasteiger charge is -2.29. The molecule has 3 amide bonds. The average molecular weight is 488 g/mol. The van der Waals surface area contributed by atoms with E-state index in [1.54, 1.807) is 0 Å². The van der Waals surface area contributed by atoms with Crippen LogP contribution in [-0.2, 0) is 14.4 Å². The summed E-state index contributed by atoms with van der Waals surface area (Å²) in [4.78, 5) is 49.4. The van der Waals surface area contributed by atoms with Crippen LogP contribution in [0, 0.1) is 11.8 Å². The molecule has 4 atom stereocenters. The molecule has 26 heavy (non-hydrogen) atoms. The first-order valence-electron chi connectivity index (χ1n) is 8.04. The number of benzene rings is 1. The van der Waals surface area contributed by atoms with E-state index in [-0.39, 0.29) is 45.4 Å². The maximum atomic E-state index is 12.5. The van der Waals surface area contributed by atoms with E-state index in [1.807, 2.05) is 0 Å². The largest absolute Gasteiger partial charge is 0.478 e. The number of aromatic carboxylic acids is 1. The summed E-state index contributed by atoms with van der Waals surface area (Å²) in [6.45, 7) is -0.342. The van der Waals surface area contributed by atoms with Gasteiger partial charge in [0.15, 0.2) is 0 Å². The fraction of sp³-hybridized carbons (Fsp3) is 0.412. The number of nitrogens with one attached hydrogen (secondary N) is 1. The smallest absolute Gasteiger partial charge is 0.335 e. The van der Waals surface area contributed by atoms with Crippen LogP contribution in [0.3, 0.4) is 0 Å². The molecule has 1 aromatic carbocycles. The van der Waals surface area contributed by atoms with Crippen molar-refractivity contribution < 1.29 is 24.3 Å². The van der Waals surface area contributed by atoms with E-state index in [4.69, 9.17) is 5.11 Å². The predicted octanol–water partition coefficient (Wildman–Crippen LogP) is 2.25. The molecule has 1 aliphatic carbocycles. The SMILES string of the molecule is O=C(CN1C(=O)[C@@H]2C[C@H](Br)[C@@H](Br)C[C@H]2C1=O)Nc1ccc(C(=O)O)cc1. The minimum Gasteiger partial charge on any atom is -0.478 e. The number of alkyl halides is 2. The summed E-state index contributed by atoms with van der Waals surface area (Å²) in [6.07, 6.45) is 1.11. The van der Waals surface area contributed by atoms with Gasteiger partial charge in [-0.15, -0.1) is 0 Å². The van der Waals surface area contributed by atoms with E-state index in [2.05, 4.69) is 37.2 Å². The molecule has 2 N–H and O–H groups in total. The van der Waals surface area contributed by atoms with E-state index in [0.717, 1.165) is 4.90 Å². The van der Waals surface area contributed by atoms with Crippen molar-refractivity contribution >= 4 is 61.2 Å². The topological polar surface area (TPSA) is 104 Å². The van der Waals surface area contributed by atoms with Crippen molar-refractivity contribution in [3.63, 3.8) is 0 Å². The fourth-order valence-electron chi connectivity index (χ4n) is 3.36. The molecule has 138 valence electrons. The van der Waals surface area contributed by atoms with Crippen LogP contribution >= 0.6 is 31.9 Å². The molecule has 1 heterocycles. The van der Waals surface area contributed by atoms with Crippen LogP contribution in [0.5, 0.6) is 0 Å². The molecular weight excluding hydrogens is 472 g/mol. The first-order chi connectivity index (χ1) is 12.3. The maximum absolute atomic E-state index is 12.5. The van der Waals surface area contributed by atoms with Crippen LogP contribution in [0.25, 0.3) is 0 Å². The number of carbonyl (C=O) groups excluding carboxylic acids is 3. The molecule has 0 radical (unpaired) electrons. The molecule has 1 aliphatic heterocycles. The zero-order valence-corrected chi connectivity index (χ0v) is 16.7. The predicted molar refractivity (Wildman–Crippen MR) is 100 cm³/mol. The van der Waals surface area contributed by atoms with Gasteiger partial charge in [-0.25, -0.2) is 4.79 Å². The molecule has 0 bridgehead atoms. The van der Waals surface area contributed by atoms with E-state index < -0.39 is 11.9 Å². The van der Waals surface area contributed by atoms with Crippen molar-refractivity contribution in [2.75, 3.05) is 11.9 Å². The molecular formula is C17H16Br2N2O5. The number of carboxylic acids is 1. The second kappa shape index (κ2) is 7.48. The van der Waals surface area contributed by atoms with Gasteiger partial charge >= 0.3 is 5.97 Å². The molecule has 2 fully saturated rings. The van der Waals surface area contributed by atoms with Gasteiger partial charge in [-0.05, 0) is 37.1 Å². The second-order valence-corrected chi connectivity index (χ2v) is 8.76. The minimum atomic E-state index is -1.06. The van der Waals surface area contributed by atoms with Crippen LogP contribution in [0.4, 0.5) is 5.69 Å². The van der Waals surface area contributed by atoms with Gasteiger partial charge in [0, 0.05) is 15.3 Å². The van der Waals surface area contributed by atoms with E-state index in [0.29, 0.717) is 18.5 Å². The number of carbonyl (C=O) groups is 4. The van der Waals surface area contributed by atoms with Gasteiger partial charge in [-0.2, -0.15) is 0 Å². The van der Waals surface area contributed by atoms with Crippen molar-refractivity contribution in [3.8, 4) is 0 Å². The van der Waals surface area contributed by atoms with Gasteiger partial charge in [0.1, 0.15) is 6.54 Å². The minimum absolute atomic E-state index is 0.102. The maximum Gasteiger partial charge on any atom is 0.335 e. The normalized spacial score (nSPS) is 28.0. The van der Waals surface area contributed by atoms with Crippen LogP contribution in [0.15, 0.2) is 24.3 Å². The molecule has 7 nitrogen and oxygen atoms in total. The number of imide groups is 1.